The number of rotatable bonds is 16. The van der Waals surface area contributed by atoms with Crippen molar-refractivity contribution in [2.75, 3.05) is 59.7 Å². The van der Waals surface area contributed by atoms with E-state index < -0.39 is 0 Å². The molecule has 150 valence electrons. The van der Waals surface area contributed by atoms with Gasteiger partial charge in [-0.2, -0.15) is 0 Å². The Morgan fingerprint density at radius 3 is 2.28 bits per heavy atom. The van der Waals surface area contributed by atoms with E-state index in [2.05, 4.69) is 48.2 Å². The third kappa shape index (κ3) is 15.1. The monoisotopic (exact) mass is 358 g/mol. The second-order valence-corrected chi connectivity index (χ2v) is 6.29. The zero-order valence-corrected chi connectivity index (χ0v) is 17.3. The summed E-state index contributed by atoms with van der Waals surface area (Å²) in [5.74, 6) is 0.845. The van der Waals surface area contributed by atoms with E-state index in [0.29, 0.717) is 25.9 Å². The Morgan fingerprint density at radius 2 is 1.68 bits per heavy atom. The van der Waals surface area contributed by atoms with E-state index in [1.165, 1.54) is 19.4 Å². The molecule has 0 aliphatic rings. The van der Waals surface area contributed by atoms with E-state index in [1.54, 1.807) is 7.05 Å². The van der Waals surface area contributed by atoms with Crippen molar-refractivity contribution in [3.8, 4) is 0 Å². The van der Waals surface area contributed by atoms with Gasteiger partial charge in [0.1, 0.15) is 0 Å². The van der Waals surface area contributed by atoms with Gasteiger partial charge in [-0.15, -0.1) is 0 Å². The summed E-state index contributed by atoms with van der Waals surface area (Å²) in [7, 11) is 1.81. The molecule has 0 fully saturated rings. The summed E-state index contributed by atoms with van der Waals surface area (Å²) in [4.78, 5) is 6.74. The zero-order valence-electron chi connectivity index (χ0n) is 17.3. The summed E-state index contributed by atoms with van der Waals surface area (Å²) >= 11 is 0. The Hall–Kier alpha value is -0.850. The smallest absolute Gasteiger partial charge is 0.191 e. The third-order valence-corrected chi connectivity index (χ3v) is 4.17. The fourth-order valence-corrected chi connectivity index (χ4v) is 2.47. The van der Waals surface area contributed by atoms with Crippen LogP contribution in [0, 0.1) is 0 Å². The van der Waals surface area contributed by atoms with Crippen LogP contribution in [0.4, 0.5) is 0 Å². The summed E-state index contributed by atoms with van der Waals surface area (Å²) in [6.07, 6.45) is 4.64. The van der Waals surface area contributed by atoms with Gasteiger partial charge < -0.3 is 25.0 Å². The number of nitrogens with one attached hydrogen (secondary N) is 2. The Morgan fingerprint density at radius 1 is 1.00 bits per heavy atom. The predicted octanol–water partition coefficient (Wildman–Crippen LogP) is 2.50. The third-order valence-electron chi connectivity index (χ3n) is 4.17. The Labute approximate surface area is 155 Å². The molecule has 0 heterocycles. The number of aliphatic imine (C=N–C) groups is 1. The summed E-state index contributed by atoms with van der Waals surface area (Å²) in [6, 6.07) is 0.412. The van der Waals surface area contributed by atoms with Gasteiger partial charge in [-0.25, -0.2) is 0 Å². The average molecular weight is 359 g/mol. The molecule has 0 radical (unpaired) electrons. The van der Waals surface area contributed by atoms with Crippen LogP contribution in [0.25, 0.3) is 0 Å². The molecule has 0 aromatic rings. The van der Waals surface area contributed by atoms with Crippen molar-refractivity contribution in [3.05, 3.63) is 0 Å². The van der Waals surface area contributed by atoms with E-state index in [0.717, 1.165) is 45.0 Å². The van der Waals surface area contributed by atoms with Crippen LogP contribution in [0.3, 0.4) is 0 Å². The first-order valence-electron chi connectivity index (χ1n) is 10.0. The lowest BCUT2D eigenvalue weighted by molar-refractivity contribution is 0.0487. The molecule has 0 spiro atoms. The van der Waals surface area contributed by atoms with Crippen LogP contribution in [-0.2, 0) is 9.47 Å². The molecule has 1 unspecified atom stereocenters. The van der Waals surface area contributed by atoms with Gasteiger partial charge in [0.05, 0.1) is 19.8 Å². The molecule has 0 rings (SSSR count). The van der Waals surface area contributed by atoms with E-state index in [4.69, 9.17) is 9.47 Å². The highest BCUT2D eigenvalue weighted by Gasteiger charge is 2.06. The van der Waals surface area contributed by atoms with Gasteiger partial charge in [0.15, 0.2) is 5.96 Å². The molecule has 1 atom stereocenters. The molecule has 6 nitrogen and oxygen atoms in total. The van der Waals surface area contributed by atoms with Gasteiger partial charge >= 0.3 is 0 Å². The van der Waals surface area contributed by atoms with Gasteiger partial charge in [0, 0.05) is 26.2 Å². The van der Waals surface area contributed by atoms with Gasteiger partial charge in [0.2, 0.25) is 0 Å². The van der Waals surface area contributed by atoms with Crippen LogP contribution in [-0.4, -0.2) is 76.6 Å². The van der Waals surface area contributed by atoms with Crippen molar-refractivity contribution >= 4 is 5.96 Å². The van der Waals surface area contributed by atoms with Gasteiger partial charge in [-0.05, 0) is 45.8 Å². The van der Waals surface area contributed by atoms with Crippen molar-refractivity contribution in [2.24, 2.45) is 4.99 Å². The number of hydrogen-bond donors (Lipinski definition) is 2. The summed E-state index contributed by atoms with van der Waals surface area (Å²) in [5.41, 5.74) is 0. The highest BCUT2D eigenvalue weighted by atomic mass is 16.5. The molecule has 0 saturated heterocycles. The fraction of sp³-hybridized carbons (Fsp3) is 0.947. The topological polar surface area (TPSA) is 58.1 Å². The highest BCUT2D eigenvalue weighted by Crippen LogP contribution is 1.99. The van der Waals surface area contributed by atoms with Gasteiger partial charge in [0.25, 0.3) is 0 Å². The first-order chi connectivity index (χ1) is 12.2. The lowest BCUT2D eigenvalue weighted by atomic mass is 10.2. The normalized spacial score (nSPS) is 13.3. The molecule has 0 aliphatic carbocycles. The maximum absolute atomic E-state index is 5.55. The van der Waals surface area contributed by atoms with Crippen molar-refractivity contribution in [1.82, 2.24) is 15.5 Å². The summed E-state index contributed by atoms with van der Waals surface area (Å²) < 4.78 is 11.0. The molecule has 0 saturated carbocycles. The zero-order chi connectivity index (χ0) is 18.8. The molecule has 2 N–H and O–H groups in total. The molecular formula is C19H42N4O2. The Bertz CT molecular complexity index is 310. The Balaban J connectivity index is 3.64. The second kappa shape index (κ2) is 18.0. The van der Waals surface area contributed by atoms with E-state index in [-0.39, 0.29) is 0 Å². The van der Waals surface area contributed by atoms with Crippen LogP contribution < -0.4 is 10.6 Å². The van der Waals surface area contributed by atoms with Crippen molar-refractivity contribution in [3.63, 3.8) is 0 Å². The Kier molecular flexibility index (Phi) is 17.3. The number of hydrogen-bond acceptors (Lipinski definition) is 4. The van der Waals surface area contributed by atoms with Crippen LogP contribution in [0.1, 0.15) is 53.4 Å². The molecular weight excluding hydrogens is 316 g/mol. The first kappa shape index (κ1) is 24.1. The SMILES string of the molecule is CCCCOCCOCCNC(=NC)NC(C)CCCN(CC)CC. The lowest BCUT2D eigenvalue weighted by Crippen LogP contribution is -2.43. The van der Waals surface area contributed by atoms with Crippen LogP contribution in [0.2, 0.25) is 0 Å². The molecule has 0 aromatic heterocycles. The van der Waals surface area contributed by atoms with E-state index >= 15 is 0 Å². The average Bonchev–Trinajstić information content (AvgIpc) is 2.62. The molecule has 0 aromatic carbocycles. The van der Waals surface area contributed by atoms with E-state index in [1.807, 2.05) is 0 Å². The number of ether oxygens (including phenoxy) is 2. The van der Waals surface area contributed by atoms with Crippen LogP contribution in [0.5, 0.6) is 0 Å². The summed E-state index contributed by atoms with van der Waals surface area (Å²) in [5, 5.41) is 6.74. The van der Waals surface area contributed by atoms with Gasteiger partial charge in [-0.1, -0.05) is 27.2 Å². The largest absolute Gasteiger partial charge is 0.379 e. The molecule has 6 heteroatoms. The molecule has 0 aliphatic heterocycles. The fourth-order valence-electron chi connectivity index (χ4n) is 2.47. The maximum Gasteiger partial charge on any atom is 0.191 e. The standard InChI is InChI=1S/C19H42N4O2/c1-6-9-14-24-16-17-25-15-12-21-19(20-5)22-18(4)11-10-13-23(7-2)8-3/h18H,6-17H2,1-5H3,(H2,20,21,22). The first-order valence-corrected chi connectivity index (χ1v) is 10.0. The second-order valence-electron chi connectivity index (χ2n) is 6.29. The van der Waals surface area contributed by atoms with E-state index in [9.17, 15) is 0 Å². The van der Waals surface area contributed by atoms with Crippen molar-refractivity contribution in [1.29, 1.82) is 0 Å². The van der Waals surface area contributed by atoms with Crippen LogP contribution >= 0.6 is 0 Å². The minimum Gasteiger partial charge on any atom is -0.379 e. The molecule has 0 amide bonds. The molecule has 25 heavy (non-hydrogen) atoms. The predicted molar refractivity (Wildman–Crippen MR) is 108 cm³/mol. The quantitative estimate of drug-likeness (QED) is 0.252. The van der Waals surface area contributed by atoms with Crippen LogP contribution in [0.15, 0.2) is 4.99 Å². The lowest BCUT2D eigenvalue weighted by Gasteiger charge is -2.21. The minimum absolute atomic E-state index is 0.412. The number of nitrogens with zero attached hydrogens (tertiary/aromatic N) is 2. The summed E-state index contributed by atoms with van der Waals surface area (Å²) in [6.45, 7) is 15.8. The highest BCUT2D eigenvalue weighted by molar-refractivity contribution is 5.79. The van der Waals surface area contributed by atoms with Crippen molar-refractivity contribution < 1.29 is 9.47 Å². The molecule has 0 bridgehead atoms. The maximum atomic E-state index is 5.55. The van der Waals surface area contributed by atoms with Gasteiger partial charge in [-0.3, -0.25) is 4.99 Å². The van der Waals surface area contributed by atoms with Crippen molar-refractivity contribution in [2.45, 2.75) is 59.4 Å². The number of unbranched alkanes of at least 4 members (excludes halogenated alkanes) is 1. The minimum atomic E-state index is 0.412. The number of guanidine groups is 1.